The standard InChI is InChI=1S/C20H22ClFN2O4/c1-12(2)8-9-28-17-7-4-13(10-18(17)27-3)19(25)23-24-20(26)15-6-5-14(21)11-16(15)22/h4-7,10-12H,8-9H2,1-3H3,(H,23,25)(H,24,26). The average Bonchev–Trinajstić information content (AvgIpc) is 2.65. The number of halogens is 2. The second-order valence-corrected chi connectivity index (χ2v) is 6.87. The average molecular weight is 409 g/mol. The van der Waals surface area contributed by atoms with Gasteiger partial charge in [-0.1, -0.05) is 25.4 Å². The van der Waals surface area contributed by atoms with Crippen LogP contribution in [0.2, 0.25) is 5.02 Å². The van der Waals surface area contributed by atoms with Gasteiger partial charge in [-0.3, -0.25) is 20.4 Å². The van der Waals surface area contributed by atoms with Crippen LogP contribution in [0.1, 0.15) is 41.0 Å². The van der Waals surface area contributed by atoms with Gasteiger partial charge in [-0.2, -0.15) is 0 Å². The van der Waals surface area contributed by atoms with E-state index in [-0.39, 0.29) is 16.1 Å². The van der Waals surface area contributed by atoms with Gasteiger partial charge in [0.05, 0.1) is 19.3 Å². The summed E-state index contributed by atoms with van der Waals surface area (Å²) in [5, 5.41) is 0.167. The van der Waals surface area contributed by atoms with Gasteiger partial charge in [0.25, 0.3) is 11.8 Å². The van der Waals surface area contributed by atoms with E-state index in [1.807, 2.05) is 0 Å². The fraction of sp³-hybridized carbons (Fsp3) is 0.300. The van der Waals surface area contributed by atoms with E-state index in [2.05, 4.69) is 24.7 Å². The lowest BCUT2D eigenvalue weighted by Crippen LogP contribution is -2.41. The predicted octanol–water partition coefficient (Wildman–Crippen LogP) is 3.99. The largest absolute Gasteiger partial charge is 0.493 e. The number of rotatable bonds is 7. The van der Waals surface area contributed by atoms with Gasteiger partial charge in [0.1, 0.15) is 5.82 Å². The van der Waals surface area contributed by atoms with E-state index < -0.39 is 17.6 Å². The van der Waals surface area contributed by atoms with E-state index in [1.165, 1.54) is 31.4 Å². The summed E-state index contributed by atoms with van der Waals surface area (Å²) in [5.41, 5.74) is 4.40. The van der Waals surface area contributed by atoms with Crippen LogP contribution in [0, 0.1) is 11.7 Å². The Morgan fingerprint density at radius 2 is 1.79 bits per heavy atom. The van der Waals surface area contributed by atoms with Crippen LogP contribution in [0.25, 0.3) is 0 Å². The molecule has 0 radical (unpaired) electrons. The van der Waals surface area contributed by atoms with Gasteiger partial charge in [0.2, 0.25) is 0 Å². The van der Waals surface area contributed by atoms with Crippen molar-refractivity contribution in [1.29, 1.82) is 0 Å². The number of amides is 2. The number of nitrogens with one attached hydrogen (secondary N) is 2. The van der Waals surface area contributed by atoms with Gasteiger partial charge >= 0.3 is 0 Å². The summed E-state index contributed by atoms with van der Waals surface area (Å²) >= 11 is 5.65. The molecular weight excluding hydrogens is 387 g/mol. The monoisotopic (exact) mass is 408 g/mol. The van der Waals surface area contributed by atoms with Crippen LogP contribution in [-0.2, 0) is 0 Å². The highest BCUT2D eigenvalue weighted by atomic mass is 35.5. The zero-order valence-electron chi connectivity index (χ0n) is 15.8. The third-order valence-corrected chi connectivity index (χ3v) is 4.08. The Balaban J connectivity index is 2.00. The number of hydrogen-bond donors (Lipinski definition) is 2. The fourth-order valence-electron chi connectivity index (χ4n) is 2.26. The van der Waals surface area contributed by atoms with Crippen molar-refractivity contribution in [3.63, 3.8) is 0 Å². The highest BCUT2D eigenvalue weighted by molar-refractivity contribution is 6.30. The van der Waals surface area contributed by atoms with Crippen LogP contribution in [0.3, 0.4) is 0 Å². The van der Waals surface area contributed by atoms with Crippen LogP contribution in [0.15, 0.2) is 36.4 Å². The summed E-state index contributed by atoms with van der Waals surface area (Å²) in [5.74, 6) is -0.759. The predicted molar refractivity (Wildman–Crippen MR) is 104 cm³/mol. The number of hydrazine groups is 1. The summed E-state index contributed by atoms with van der Waals surface area (Å²) in [6.45, 7) is 4.72. The molecule has 0 bridgehead atoms. The third kappa shape index (κ3) is 5.85. The van der Waals surface area contributed by atoms with E-state index in [0.29, 0.717) is 24.0 Å². The summed E-state index contributed by atoms with van der Waals surface area (Å²) in [6, 6.07) is 8.28. The molecule has 0 aliphatic rings. The molecule has 2 N–H and O–H groups in total. The molecule has 0 unspecified atom stereocenters. The Kier molecular flexibility index (Phi) is 7.63. The maximum atomic E-state index is 13.8. The molecule has 2 aromatic carbocycles. The lowest BCUT2D eigenvalue weighted by molar-refractivity contribution is 0.0844. The highest BCUT2D eigenvalue weighted by Crippen LogP contribution is 2.28. The van der Waals surface area contributed by atoms with Crippen molar-refractivity contribution < 1.29 is 23.5 Å². The van der Waals surface area contributed by atoms with Crippen molar-refractivity contribution in [3.8, 4) is 11.5 Å². The van der Waals surface area contributed by atoms with Gasteiger partial charge < -0.3 is 9.47 Å². The quantitative estimate of drug-likeness (QED) is 0.679. The zero-order valence-corrected chi connectivity index (χ0v) is 16.6. The number of benzene rings is 2. The lowest BCUT2D eigenvalue weighted by atomic mass is 10.1. The Labute approximate surface area is 167 Å². The smallest absolute Gasteiger partial charge is 0.272 e. The van der Waals surface area contributed by atoms with Crippen LogP contribution in [0.4, 0.5) is 4.39 Å². The van der Waals surface area contributed by atoms with Crippen molar-refractivity contribution in [2.45, 2.75) is 20.3 Å². The van der Waals surface area contributed by atoms with Gasteiger partial charge in [0, 0.05) is 10.6 Å². The van der Waals surface area contributed by atoms with Gasteiger partial charge in [-0.15, -0.1) is 0 Å². The lowest BCUT2D eigenvalue weighted by Gasteiger charge is -2.13. The Hall–Kier alpha value is -2.80. The number of carbonyl (C=O) groups is 2. The normalized spacial score (nSPS) is 10.5. The summed E-state index contributed by atoms with van der Waals surface area (Å²) in [7, 11) is 1.47. The SMILES string of the molecule is COc1cc(C(=O)NNC(=O)c2ccc(Cl)cc2F)ccc1OCCC(C)C. The topological polar surface area (TPSA) is 76.7 Å². The van der Waals surface area contributed by atoms with E-state index in [1.54, 1.807) is 6.07 Å². The molecule has 6 nitrogen and oxygen atoms in total. The molecular formula is C20H22ClFN2O4. The Bertz CT molecular complexity index is 858. The van der Waals surface area contributed by atoms with E-state index in [4.69, 9.17) is 21.1 Å². The van der Waals surface area contributed by atoms with Crippen molar-refractivity contribution in [3.05, 3.63) is 58.4 Å². The van der Waals surface area contributed by atoms with Crippen LogP contribution in [-0.4, -0.2) is 25.5 Å². The van der Waals surface area contributed by atoms with Gasteiger partial charge in [-0.05, 0) is 48.7 Å². The minimum absolute atomic E-state index is 0.167. The molecule has 0 spiro atoms. The van der Waals surface area contributed by atoms with Gasteiger partial charge in [0.15, 0.2) is 11.5 Å². The minimum atomic E-state index is -0.803. The molecule has 2 aromatic rings. The first-order chi connectivity index (χ1) is 13.3. The number of carbonyl (C=O) groups excluding carboxylic acids is 2. The van der Waals surface area contributed by atoms with Crippen LogP contribution >= 0.6 is 11.6 Å². The Morgan fingerprint density at radius 3 is 2.43 bits per heavy atom. The van der Waals surface area contributed by atoms with Crippen molar-refractivity contribution in [2.24, 2.45) is 5.92 Å². The highest BCUT2D eigenvalue weighted by Gasteiger charge is 2.15. The third-order valence-electron chi connectivity index (χ3n) is 3.84. The van der Waals surface area contributed by atoms with Gasteiger partial charge in [-0.25, -0.2) is 4.39 Å². The number of methoxy groups -OCH3 is 1. The maximum absolute atomic E-state index is 13.8. The second kappa shape index (κ2) is 9.94. The fourth-order valence-corrected chi connectivity index (χ4v) is 2.42. The zero-order chi connectivity index (χ0) is 20.7. The first-order valence-electron chi connectivity index (χ1n) is 8.68. The molecule has 150 valence electrons. The molecule has 2 amide bonds. The summed E-state index contributed by atoms with van der Waals surface area (Å²) in [6.07, 6.45) is 0.888. The molecule has 0 heterocycles. The second-order valence-electron chi connectivity index (χ2n) is 6.43. The molecule has 0 saturated carbocycles. The Morgan fingerprint density at radius 1 is 1.07 bits per heavy atom. The molecule has 0 aromatic heterocycles. The van der Waals surface area contributed by atoms with Crippen LogP contribution in [0.5, 0.6) is 11.5 Å². The molecule has 0 fully saturated rings. The molecule has 28 heavy (non-hydrogen) atoms. The van der Waals surface area contributed by atoms with Crippen molar-refractivity contribution >= 4 is 23.4 Å². The minimum Gasteiger partial charge on any atom is -0.493 e. The molecule has 8 heteroatoms. The molecule has 0 aliphatic carbocycles. The summed E-state index contributed by atoms with van der Waals surface area (Å²) in [4.78, 5) is 24.3. The molecule has 0 aliphatic heterocycles. The van der Waals surface area contributed by atoms with E-state index in [9.17, 15) is 14.0 Å². The van der Waals surface area contributed by atoms with E-state index >= 15 is 0 Å². The maximum Gasteiger partial charge on any atom is 0.272 e. The van der Waals surface area contributed by atoms with Crippen LogP contribution < -0.4 is 20.3 Å². The number of hydrogen-bond acceptors (Lipinski definition) is 4. The molecule has 2 rings (SSSR count). The first-order valence-corrected chi connectivity index (χ1v) is 9.06. The number of ether oxygens (including phenoxy) is 2. The van der Waals surface area contributed by atoms with Crippen molar-refractivity contribution in [2.75, 3.05) is 13.7 Å². The molecule has 0 saturated heterocycles. The molecule has 0 atom stereocenters. The van der Waals surface area contributed by atoms with Crippen molar-refractivity contribution in [1.82, 2.24) is 10.9 Å². The first kappa shape index (κ1) is 21.5. The van der Waals surface area contributed by atoms with E-state index in [0.717, 1.165) is 12.5 Å². The summed E-state index contributed by atoms with van der Waals surface area (Å²) < 4.78 is 24.7.